The van der Waals surface area contributed by atoms with E-state index in [1.165, 1.54) is 0 Å². The van der Waals surface area contributed by atoms with E-state index in [-0.39, 0.29) is 0 Å². The number of hydrogen-bond donors (Lipinski definition) is 2. The largest absolute Gasteiger partial charge is 0.397 e. The van der Waals surface area contributed by atoms with Crippen molar-refractivity contribution in [2.24, 2.45) is 0 Å². The number of rotatable bonds is 1. The van der Waals surface area contributed by atoms with E-state index in [0.29, 0.717) is 11.4 Å². The number of anilines is 2. The molecule has 4 heteroatoms. The van der Waals surface area contributed by atoms with Crippen molar-refractivity contribution < 1.29 is 0 Å². The summed E-state index contributed by atoms with van der Waals surface area (Å²) in [5, 5.41) is 0. The molecule has 2 aromatic rings. The van der Waals surface area contributed by atoms with E-state index in [1.54, 1.807) is 18.5 Å². The zero-order valence-corrected chi connectivity index (χ0v) is 8.44. The van der Waals surface area contributed by atoms with Gasteiger partial charge in [0.2, 0.25) is 0 Å². The highest BCUT2D eigenvalue weighted by molar-refractivity contribution is 5.62. The van der Waals surface area contributed by atoms with Crippen LogP contribution in [0.15, 0.2) is 30.6 Å². The molecular weight excluding hydrogens is 188 g/mol. The van der Waals surface area contributed by atoms with Crippen LogP contribution in [0.1, 0.15) is 5.56 Å². The van der Waals surface area contributed by atoms with Crippen molar-refractivity contribution in [3.63, 3.8) is 0 Å². The minimum Gasteiger partial charge on any atom is -0.397 e. The topological polar surface area (TPSA) is 77.8 Å². The van der Waals surface area contributed by atoms with Gasteiger partial charge in [0, 0.05) is 0 Å². The van der Waals surface area contributed by atoms with Crippen molar-refractivity contribution >= 4 is 11.4 Å². The van der Waals surface area contributed by atoms with E-state index in [4.69, 9.17) is 11.5 Å². The lowest BCUT2D eigenvalue weighted by Gasteiger charge is -2.04. The van der Waals surface area contributed by atoms with Crippen LogP contribution in [0, 0.1) is 6.92 Å². The molecule has 2 aromatic heterocycles. The average Bonchev–Trinajstić information content (AvgIpc) is 2.20. The van der Waals surface area contributed by atoms with Crippen LogP contribution in [0.5, 0.6) is 0 Å². The Bertz CT molecular complexity index is 476. The lowest BCUT2D eigenvalue weighted by atomic mass is 10.1. The van der Waals surface area contributed by atoms with Crippen LogP contribution in [-0.2, 0) is 0 Å². The summed E-state index contributed by atoms with van der Waals surface area (Å²) in [6, 6.07) is 5.53. The quantitative estimate of drug-likeness (QED) is 0.733. The van der Waals surface area contributed by atoms with Crippen LogP contribution in [0.25, 0.3) is 11.4 Å². The first-order valence-electron chi connectivity index (χ1n) is 4.61. The van der Waals surface area contributed by atoms with Gasteiger partial charge in [-0.2, -0.15) is 0 Å². The van der Waals surface area contributed by atoms with Crippen LogP contribution in [0.2, 0.25) is 0 Å². The molecular formula is C11H12N4. The standard InChI is InChI=1S/C11H12N4/c1-7-4-9(13)6-15-11(7)10-3-2-8(12)5-14-10/h2-6H,12-13H2,1H3. The molecule has 0 amide bonds. The second kappa shape index (κ2) is 3.57. The van der Waals surface area contributed by atoms with Gasteiger partial charge < -0.3 is 11.5 Å². The van der Waals surface area contributed by atoms with Crippen LogP contribution >= 0.6 is 0 Å². The predicted octanol–water partition coefficient (Wildman–Crippen LogP) is 1.62. The molecule has 76 valence electrons. The third kappa shape index (κ3) is 1.88. The molecule has 2 rings (SSSR count). The minimum atomic E-state index is 0.645. The molecule has 15 heavy (non-hydrogen) atoms. The Kier molecular flexibility index (Phi) is 2.25. The summed E-state index contributed by atoms with van der Waals surface area (Å²) in [6.07, 6.45) is 3.24. The minimum absolute atomic E-state index is 0.645. The molecule has 0 radical (unpaired) electrons. The van der Waals surface area contributed by atoms with Crippen LogP contribution in [0.3, 0.4) is 0 Å². The monoisotopic (exact) mass is 200 g/mol. The number of nitrogen functional groups attached to an aromatic ring is 2. The van der Waals surface area contributed by atoms with Crippen LogP contribution < -0.4 is 11.5 Å². The van der Waals surface area contributed by atoms with Gasteiger partial charge in [0.25, 0.3) is 0 Å². The average molecular weight is 200 g/mol. The number of aryl methyl sites for hydroxylation is 1. The van der Waals surface area contributed by atoms with Gasteiger partial charge in [-0.15, -0.1) is 0 Å². The molecule has 0 aliphatic carbocycles. The van der Waals surface area contributed by atoms with E-state index in [0.717, 1.165) is 17.0 Å². The summed E-state index contributed by atoms with van der Waals surface area (Å²) < 4.78 is 0. The van der Waals surface area contributed by atoms with Crippen LogP contribution in [-0.4, -0.2) is 9.97 Å². The molecule has 4 N–H and O–H groups in total. The molecule has 0 saturated carbocycles. The van der Waals surface area contributed by atoms with Gasteiger partial charge in [-0.3, -0.25) is 9.97 Å². The lowest BCUT2D eigenvalue weighted by molar-refractivity contribution is 1.22. The molecule has 0 atom stereocenters. The summed E-state index contributed by atoms with van der Waals surface area (Å²) in [5.74, 6) is 0. The fraction of sp³-hybridized carbons (Fsp3) is 0.0909. The van der Waals surface area contributed by atoms with Gasteiger partial charge >= 0.3 is 0 Å². The molecule has 0 fully saturated rings. The van der Waals surface area contributed by atoms with Gasteiger partial charge in [0.15, 0.2) is 0 Å². The zero-order valence-electron chi connectivity index (χ0n) is 8.44. The zero-order chi connectivity index (χ0) is 10.8. The highest BCUT2D eigenvalue weighted by atomic mass is 14.8. The van der Waals surface area contributed by atoms with Crippen molar-refractivity contribution in [2.75, 3.05) is 11.5 Å². The first kappa shape index (κ1) is 9.45. The number of nitrogens with two attached hydrogens (primary N) is 2. The number of hydrogen-bond acceptors (Lipinski definition) is 4. The second-order valence-electron chi connectivity index (χ2n) is 3.41. The maximum atomic E-state index is 5.63. The van der Waals surface area contributed by atoms with Crippen molar-refractivity contribution in [3.05, 3.63) is 36.2 Å². The summed E-state index contributed by atoms with van der Waals surface area (Å²) in [6.45, 7) is 1.96. The highest BCUT2D eigenvalue weighted by Gasteiger charge is 2.04. The molecule has 0 saturated heterocycles. The van der Waals surface area contributed by atoms with E-state index >= 15 is 0 Å². The molecule has 0 unspecified atom stereocenters. The summed E-state index contributed by atoms with van der Waals surface area (Å²) >= 11 is 0. The van der Waals surface area contributed by atoms with Gasteiger partial charge in [-0.25, -0.2) is 0 Å². The van der Waals surface area contributed by atoms with E-state index in [1.807, 2.05) is 19.1 Å². The number of pyridine rings is 2. The Morgan fingerprint density at radius 1 is 1.00 bits per heavy atom. The summed E-state index contributed by atoms with van der Waals surface area (Å²) in [5.41, 5.74) is 15.1. The molecule has 4 nitrogen and oxygen atoms in total. The van der Waals surface area contributed by atoms with Crippen LogP contribution in [0.4, 0.5) is 11.4 Å². The maximum absolute atomic E-state index is 5.63. The molecule has 0 aliphatic heterocycles. The predicted molar refractivity (Wildman–Crippen MR) is 61.0 cm³/mol. The van der Waals surface area contributed by atoms with Crippen molar-refractivity contribution in [2.45, 2.75) is 6.92 Å². The third-order valence-electron chi connectivity index (χ3n) is 2.13. The Labute approximate surface area is 88.0 Å². The van der Waals surface area contributed by atoms with Gasteiger partial charge in [0.05, 0.1) is 35.2 Å². The van der Waals surface area contributed by atoms with E-state index in [9.17, 15) is 0 Å². The van der Waals surface area contributed by atoms with Gasteiger partial charge in [0.1, 0.15) is 0 Å². The number of aromatic nitrogens is 2. The maximum Gasteiger partial charge on any atom is 0.0916 e. The van der Waals surface area contributed by atoms with Gasteiger partial charge in [-0.05, 0) is 30.7 Å². The summed E-state index contributed by atoms with van der Waals surface area (Å²) in [4.78, 5) is 8.46. The molecule has 0 aliphatic rings. The smallest absolute Gasteiger partial charge is 0.0916 e. The first-order valence-corrected chi connectivity index (χ1v) is 4.61. The van der Waals surface area contributed by atoms with E-state index < -0.39 is 0 Å². The van der Waals surface area contributed by atoms with Crippen molar-refractivity contribution in [1.29, 1.82) is 0 Å². The fourth-order valence-corrected chi connectivity index (χ4v) is 1.41. The third-order valence-corrected chi connectivity index (χ3v) is 2.13. The summed E-state index contributed by atoms with van der Waals surface area (Å²) in [7, 11) is 0. The molecule has 0 spiro atoms. The fourth-order valence-electron chi connectivity index (χ4n) is 1.41. The second-order valence-corrected chi connectivity index (χ2v) is 3.41. The number of nitrogens with zero attached hydrogens (tertiary/aromatic N) is 2. The van der Waals surface area contributed by atoms with E-state index in [2.05, 4.69) is 9.97 Å². The molecule has 0 bridgehead atoms. The first-order chi connectivity index (χ1) is 7.16. The SMILES string of the molecule is Cc1cc(N)cnc1-c1ccc(N)cn1. The Morgan fingerprint density at radius 3 is 2.33 bits per heavy atom. The van der Waals surface area contributed by atoms with Crippen molar-refractivity contribution in [1.82, 2.24) is 9.97 Å². The van der Waals surface area contributed by atoms with Crippen molar-refractivity contribution in [3.8, 4) is 11.4 Å². The van der Waals surface area contributed by atoms with Gasteiger partial charge in [-0.1, -0.05) is 0 Å². The highest BCUT2D eigenvalue weighted by Crippen LogP contribution is 2.20. The lowest BCUT2D eigenvalue weighted by Crippen LogP contribution is -1.95. The molecule has 0 aromatic carbocycles. The molecule has 2 heterocycles. The Balaban J connectivity index is 2.49. The normalized spacial score (nSPS) is 10.2. The Hall–Kier alpha value is -2.10. The Morgan fingerprint density at radius 2 is 1.73 bits per heavy atom.